The lowest BCUT2D eigenvalue weighted by atomic mass is 10.0. The summed E-state index contributed by atoms with van der Waals surface area (Å²) in [6, 6.07) is 21.7. The molecular formula is C25H22FN3OS. The van der Waals surface area contributed by atoms with Gasteiger partial charge in [-0.05, 0) is 42.3 Å². The zero-order valence-corrected chi connectivity index (χ0v) is 18.1. The van der Waals surface area contributed by atoms with Crippen molar-refractivity contribution in [3.8, 4) is 0 Å². The molecule has 0 saturated carbocycles. The fraction of sp³-hybridized carbons (Fsp3) is 0.160. The number of aryl methyl sites for hydroxylation is 1. The molecule has 2 aromatic heterocycles. The van der Waals surface area contributed by atoms with E-state index in [1.54, 1.807) is 30.3 Å². The summed E-state index contributed by atoms with van der Waals surface area (Å²) in [6.45, 7) is 1.85. The monoisotopic (exact) mass is 431 g/mol. The van der Waals surface area contributed by atoms with Crippen molar-refractivity contribution in [2.45, 2.75) is 19.4 Å². The van der Waals surface area contributed by atoms with Crippen molar-refractivity contribution in [1.82, 2.24) is 14.9 Å². The summed E-state index contributed by atoms with van der Waals surface area (Å²) in [5, 5.41) is 0.829. The number of hydrogen-bond acceptors (Lipinski definition) is 4. The molecule has 1 atom stereocenters. The number of halogens is 1. The van der Waals surface area contributed by atoms with E-state index in [2.05, 4.69) is 9.97 Å². The molecule has 0 radical (unpaired) electrons. The number of aromatic nitrogens is 2. The maximum absolute atomic E-state index is 13.5. The molecule has 2 heterocycles. The van der Waals surface area contributed by atoms with Gasteiger partial charge in [0.15, 0.2) is 0 Å². The summed E-state index contributed by atoms with van der Waals surface area (Å²) in [5.41, 5.74) is 3.45. The molecule has 0 saturated heterocycles. The maximum Gasteiger partial charge on any atom is 0.266 e. The Morgan fingerprint density at radius 2 is 1.74 bits per heavy atom. The van der Waals surface area contributed by atoms with Gasteiger partial charge in [-0.1, -0.05) is 48.5 Å². The summed E-state index contributed by atoms with van der Waals surface area (Å²) in [7, 11) is 1.80. The molecule has 0 fully saturated rings. The van der Waals surface area contributed by atoms with E-state index in [0.717, 1.165) is 21.8 Å². The molecule has 4 rings (SSSR count). The van der Waals surface area contributed by atoms with Gasteiger partial charge in [0, 0.05) is 19.7 Å². The standard InChI is InChI=1S/C25H22FN3OS/c1-17-24(31-22(28-17)16-18-11-13-20(26)14-12-18)25(30)29(2)23(19-8-4-3-5-9-19)21-10-6-7-15-27-21/h3-15,23H,16H2,1-2H3. The third-order valence-corrected chi connectivity index (χ3v) is 6.24. The highest BCUT2D eigenvalue weighted by atomic mass is 32.1. The first kappa shape index (κ1) is 20.9. The highest BCUT2D eigenvalue weighted by Gasteiger charge is 2.28. The minimum Gasteiger partial charge on any atom is -0.328 e. The van der Waals surface area contributed by atoms with Gasteiger partial charge in [-0.2, -0.15) is 0 Å². The van der Waals surface area contributed by atoms with E-state index in [1.807, 2.05) is 55.5 Å². The third-order valence-electron chi connectivity index (χ3n) is 5.09. The van der Waals surface area contributed by atoms with Crippen LogP contribution in [0.15, 0.2) is 79.0 Å². The molecule has 6 heteroatoms. The van der Waals surface area contributed by atoms with Gasteiger partial charge in [0.25, 0.3) is 5.91 Å². The molecule has 0 aliphatic carbocycles. The molecule has 0 N–H and O–H groups in total. The third kappa shape index (κ3) is 4.70. The van der Waals surface area contributed by atoms with Gasteiger partial charge in [-0.3, -0.25) is 9.78 Å². The van der Waals surface area contributed by atoms with E-state index in [0.29, 0.717) is 17.0 Å². The number of carbonyl (C=O) groups is 1. The Bertz CT molecular complexity index is 1120. The lowest BCUT2D eigenvalue weighted by Crippen LogP contribution is -2.32. The van der Waals surface area contributed by atoms with Gasteiger partial charge in [0.1, 0.15) is 10.7 Å². The van der Waals surface area contributed by atoms with E-state index in [9.17, 15) is 9.18 Å². The van der Waals surface area contributed by atoms with Crippen LogP contribution < -0.4 is 0 Å². The number of thiazole rings is 1. The van der Waals surface area contributed by atoms with E-state index < -0.39 is 0 Å². The lowest BCUT2D eigenvalue weighted by Gasteiger charge is -2.28. The van der Waals surface area contributed by atoms with E-state index in [1.165, 1.54) is 23.5 Å². The molecule has 0 aliphatic heterocycles. The number of amides is 1. The molecule has 4 nitrogen and oxygen atoms in total. The topological polar surface area (TPSA) is 46.1 Å². The quantitative estimate of drug-likeness (QED) is 0.408. The molecule has 4 aromatic rings. The Labute approximate surface area is 185 Å². The molecule has 156 valence electrons. The number of rotatable bonds is 6. The van der Waals surface area contributed by atoms with Gasteiger partial charge in [-0.25, -0.2) is 9.37 Å². The number of pyridine rings is 1. The summed E-state index contributed by atoms with van der Waals surface area (Å²) in [6.07, 6.45) is 2.30. The fourth-order valence-electron chi connectivity index (χ4n) is 3.55. The Morgan fingerprint density at radius 3 is 2.42 bits per heavy atom. The van der Waals surface area contributed by atoms with Crippen LogP contribution >= 0.6 is 11.3 Å². The summed E-state index contributed by atoms with van der Waals surface area (Å²) < 4.78 is 13.2. The smallest absolute Gasteiger partial charge is 0.266 e. The first-order valence-electron chi connectivity index (χ1n) is 9.96. The van der Waals surface area contributed by atoms with Crippen molar-refractivity contribution in [3.05, 3.63) is 117 Å². The largest absolute Gasteiger partial charge is 0.328 e. The second-order valence-electron chi connectivity index (χ2n) is 7.31. The molecule has 31 heavy (non-hydrogen) atoms. The van der Waals surface area contributed by atoms with Crippen molar-refractivity contribution >= 4 is 17.2 Å². The van der Waals surface area contributed by atoms with Crippen molar-refractivity contribution in [2.24, 2.45) is 0 Å². The predicted octanol–water partition coefficient (Wildman–Crippen LogP) is 5.44. The van der Waals surface area contributed by atoms with Crippen molar-refractivity contribution in [2.75, 3.05) is 7.05 Å². The van der Waals surface area contributed by atoms with E-state index in [4.69, 9.17) is 0 Å². The van der Waals surface area contributed by atoms with Crippen LogP contribution in [0.4, 0.5) is 4.39 Å². The Morgan fingerprint density at radius 1 is 1.03 bits per heavy atom. The number of carbonyl (C=O) groups excluding carboxylic acids is 1. The van der Waals surface area contributed by atoms with Gasteiger partial charge >= 0.3 is 0 Å². The normalized spacial score (nSPS) is 11.8. The van der Waals surface area contributed by atoms with E-state index >= 15 is 0 Å². The second kappa shape index (κ2) is 9.18. The maximum atomic E-state index is 13.5. The Hall–Kier alpha value is -3.38. The van der Waals surface area contributed by atoms with Crippen LogP contribution in [0.25, 0.3) is 0 Å². The Balaban J connectivity index is 1.63. The molecule has 0 aliphatic rings. The first-order valence-corrected chi connectivity index (χ1v) is 10.8. The molecular weight excluding hydrogens is 409 g/mol. The SMILES string of the molecule is Cc1nc(Cc2ccc(F)cc2)sc1C(=O)N(C)C(c1ccccc1)c1ccccn1. The Kier molecular flexibility index (Phi) is 6.18. The average Bonchev–Trinajstić information content (AvgIpc) is 3.16. The number of nitrogens with zero attached hydrogens (tertiary/aromatic N) is 3. The number of benzene rings is 2. The van der Waals surface area contributed by atoms with Gasteiger partial charge < -0.3 is 4.90 Å². The van der Waals surface area contributed by atoms with Crippen LogP contribution in [0.2, 0.25) is 0 Å². The zero-order valence-electron chi connectivity index (χ0n) is 17.3. The van der Waals surface area contributed by atoms with Crippen LogP contribution in [0.1, 0.15) is 43.2 Å². The summed E-state index contributed by atoms with van der Waals surface area (Å²) in [5.74, 6) is -0.363. The molecule has 0 spiro atoms. The fourth-order valence-corrected chi connectivity index (χ4v) is 4.63. The van der Waals surface area contributed by atoms with Gasteiger partial charge in [0.2, 0.25) is 0 Å². The van der Waals surface area contributed by atoms with Crippen LogP contribution in [0.3, 0.4) is 0 Å². The van der Waals surface area contributed by atoms with Crippen LogP contribution in [0.5, 0.6) is 0 Å². The molecule has 1 amide bonds. The van der Waals surface area contributed by atoms with Crippen molar-refractivity contribution in [1.29, 1.82) is 0 Å². The highest BCUT2D eigenvalue weighted by molar-refractivity contribution is 7.13. The van der Waals surface area contributed by atoms with E-state index in [-0.39, 0.29) is 17.8 Å². The molecule has 2 aromatic carbocycles. The predicted molar refractivity (Wildman–Crippen MR) is 121 cm³/mol. The minimum absolute atomic E-state index is 0.0973. The van der Waals surface area contributed by atoms with Crippen molar-refractivity contribution in [3.63, 3.8) is 0 Å². The van der Waals surface area contributed by atoms with Gasteiger partial charge in [0.05, 0.1) is 22.4 Å². The second-order valence-corrected chi connectivity index (χ2v) is 8.39. The zero-order chi connectivity index (χ0) is 21.8. The van der Waals surface area contributed by atoms with Crippen LogP contribution in [-0.2, 0) is 6.42 Å². The van der Waals surface area contributed by atoms with Gasteiger partial charge in [-0.15, -0.1) is 11.3 Å². The molecule has 0 bridgehead atoms. The highest BCUT2D eigenvalue weighted by Crippen LogP contribution is 2.30. The average molecular weight is 432 g/mol. The summed E-state index contributed by atoms with van der Waals surface area (Å²) >= 11 is 1.39. The summed E-state index contributed by atoms with van der Waals surface area (Å²) in [4.78, 5) is 24.9. The van der Waals surface area contributed by atoms with Crippen molar-refractivity contribution < 1.29 is 9.18 Å². The first-order chi connectivity index (χ1) is 15.0. The minimum atomic E-state index is -0.308. The lowest BCUT2D eigenvalue weighted by molar-refractivity contribution is 0.0756. The van der Waals surface area contributed by atoms with Crippen LogP contribution in [0, 0.1) is 12.7 Å². The molecule has 1 unspecified atom stereocenters. The number of hydrogen-bond donors (Lipinski definition) is 0. The van der Waals surface area contributed by atoms with Crippen LogP contribution in [-0.4, -0.2) is 27.8 Å².